The second-order valence-electron chi connectivity index (χ2n) is 9.32. The summed E-state index contributed by atoms with van der Waals surface area (Å²) in [6, 6.07) is 11.2. The Bertz CT molecular complexity index is 1040. The van der Waals surface area contributed by atoms with Crippen LogP contribution < -0.4 is 4.74 Å². The van der Waals surface area contributed by atoms with Crippen LogP contribution in [0.25, 0.3) is 0 Å². The molecule has 2 amide bonds. The summed E-state index contributed by atoms with van der Waals surface area (Å²) in [5.41, 5.74) is -0.200. The van der Waals surface area contributed by atoms with Gasteiger partial charge in [-0.25, -0.2) is 4.39 Å². The van der Waals surface area contributed by atoms with Crippen molar-refractivity contribution in [3.63, 3.8) is 0 Å². The van der Waals surface area contributed by atoms with Gasteiger partial charge in [-0.2, -0.15) is 0 Å². The van der Waals surface area contributed by atoms with E-state index in [0.29, 0.717) is 42.5 Å². The summed E-state index contributed by atoms with van der Waals surface area (Å²) in [5.74, 6) is -0.0491. The van der Waals surface area contributed by atoms with Crippen molar-refractivity contribution in [2.45, 2.75) is 38.5 Å². The minimum atomic E-state index is -0.562. The summed E-state index contributed by atoms with van der Waals surface area (Å²) in [4.78, 5) is 30.2. The molecule has 0 spiro atoms. The highest BCUT2D eigenvalue weighted by Crippen LogP contribution is 2.36. The fraction of sp³-hybridized carbons (Fsp3) is 0.462. The van der Waals surface area contributed by atoms with E-state index in [0.717, 1.165) is 45.2 Å². The number of nitrogens with zero attached hydrogens (tertiary/aromatic N) is 2. The smallest absolute Gasteiger partial charge is 0.253 e. The maximum atomic E-state index is 13.6. The van der Waals surface area contributed by atoms with Gasteiger partial charge >= 0.3 is 0 Å². The lowest BCUT2D eigenvalue weighted by atomic mass is 9.77. The van der Waals surface area contributed by atoms with Gasteiger partial charge < -0.3 is 14.5 Å². The van der Waals surface area contributed by atoms with E-state index in [1.807, 2.05) is 17.0 Å². The van der Waals surface area contributed by atoms with Crippen molar-refractivity contribution in [3.8, 4) is 5.75 Å². The zero-order valence-electron chi connectivity index (χ0n) is 19.1. The zero-order chi connectivity index (χ0) is 24.1. The van der Waals surface area contributed by atoms with Crippen LogP contribution in [0.4, 0.5) is 4.39 Å². The zero-order valence-corrected chi connectivity index (χ0v) is 20.6. The van der Waals surface area contributed by atoms with Gasteiger partial charge in [-0.05, 0) is 68.5 Å². The Morgan fingerprint density at radius 3 is 2.47 bits per heavy atom. The van der Waals surface area contributed by atoms with Crippen LogP contribution in [0.2, 0.25) is 10.0 Å². The summed E-state index contributed by atoms with van der Waals surface area (Å²) in [6.07, 6.45) is 5.01. The van der Waals surface area contributed by atoms with Gasteiger partial charge in [0.05, 0.1) is 11.6 Å². The summed E-state index contributed by atoms with van der Waals surface area (Å²) in [6.45, 7) is 2.79. The Kier molecular flexibility index (Phi) is 7.99. The molecule has 0 aliphatic carbocycles. The van der Waals surface area contributed by atoms with Gasteiger partial charge in [0.25, 0.3) is 5.91 Å². The van der Waals surface area contributed by atoms with Gasteiger partial charge in [0.2, 0.25) is 5.91 Å². The summed E-state index contributed by atoms with van der Waals surface area (Å²) >= 11 is 12.0. The normalized spacial score (nSPS) is 20.8. The lowest BCUT2D eigenvalue weighted by Crippen LogP contribution is -2.51. The number of ether oxygens (including phenoxy) is 1. The molecule has 182 valence electrons. The molecular formula is C26H29Cl2FN2O3. The van der Waals surface area contributed by atoms with E-state index in [9.17, 15) is 14.0 Å². The fourth-order valence-corrected chi connectivity index (χ4v) is 5.24. The van der Waals surface area contributed by atoms with Gasteiger partial charge in [-0.1, -0.05) is 29.3 Å². The quantitative estimate of drug-likeness (QED) is 0.494. The first-order valence-corrected chi connectivity index (χ1v) is 12.5. The molecular weight excluding hydrogens is 478 g/mol. The van der Waals surface area contributed by atoms with Crippen LogP contribution in [0.15, 0.2) is 42.5 Å². The second-order valence-corrected chi connectivity index (χ2v) is 10.2. The fourth-order valence-electron chi connectivity index (χ4n) is 4.88. The predicted octanol–water partition coefficient (Wildman–Crippen LogP) is 5.84. The molecule has 1 atom stereocenters. The molecule has 34 heavy (non-hydrogen) atoms. The molecule has 0 saturated carbocycles. The van der Waals surface area contributed by atoms with E-state index in [2.05, 4.69) is 0 Å². The highest BCUT2D eigenvalue weighted by molar-refractivity contribution is 6.31. The van der Waals surface area contributed by atoms with Crippen LogP contribution in [0.1, 0.15) is 48.9 Å². The van der Waals surface area contributed by atoms with Crippen molar-refractivity contribution < 1.29 is 18.7 Å². The monoisotopic (exact) mass is 506 g/mol. The van der Waals surface area contributed by atoms with Gasteiger partial charge in [-0.3, -0.25) is 9.59 Å². The number of rotatable bonds is 6. The predicted molar refractivity (Wildman–Crippen MR) is 131 cm³/mol. The van der Waals surface area contributed by atoms with Crippen molar-refractivity contribution in [3.05, 3.63) is 63.9 Å². The third kappa shape index (κ3) is 6.02. The lowest BCUT2D eigenvalue weighted by Gasteiger charge is -2.43. The molecule has 2 saturated heterocycles. The van der Waals surface area contributed by atoms with Crippen LogP contribution in [0.3, 0.4) is 0 Å². The average molecular weight is 507 g/mol. The highest BCUT2D eigenvalue weighted by Gasteiger charge is 2.41. The first-order valence-electron chi connectivity index (χ1n) is 11.8. The number of piperidine rings is 2. The average Bonchev–Trinajstić information content (AvgIpc) is 2.85. The molecule has 5 nitrogen and oxygen atoms in total. The lowest BCUT2D eigenvalue weighted by molar-refractivity contribution is -0.136. The Hall–Kier alpha value is -2.31. The van der Waals surface area contributed by atoms with E-state index >= 15 is 0 Å². The third-order valence-electron chi connectivity index (χ3n) is 6.69. The number of benzene rings is 2. The molecule has 0 aromatic heterocycles. The molecule has 2 aromatic carbocycles. The number of hydrogen-bond donors (Lipinski definition) is 0. The number of carbonyl (C=O) groups excluding carboxylic acids is 2. The van der Waals surface area contributed by atoms with Crippen LogP contribution >= 0.6 is 23.2 Å². The Labute approximate surface area is 209 Å². The molecule has 4 rings (SSSR count). The summed E-state index contributed by atoms with van der Waals surface area (Å²) in [5, 5.41) is 0.489. The molecule has 0 N–H and O–H groups in total. The van der Waals surface area contributed by atoms with E-state index in [1.165, 1.54) is 18.2 Å². The third-order valence-corrected chi connectivity index (χ3v) is 7.22. The molecule has 0 bridgehead atoms. The molecule has 2 aliphatic heterocycles. The minimum Gasteiger partial charge on any atom is -0.493 e. The van der Waals surface area contributed by atoms with Crippen molar-refractivity contribution >= 4 is 35.0 Å². The highest BCUT2D eigenvalue weighted by atomic mass is 35.5. The molecule has 8 heteroatoms. The Morgan fingerprint density at radius 2 is 1.74 bits per heavy atom. The van der Waals surface area contributed by atoms with E-state index in [4.69, 9.17) is 27.9 Å². The molecule has 0 unspecified atom stereocenters. The van der Waals surface area contributed by atoms with E-state index in [1.54, 1.807) is 17.0 Å². The van der Waals surface area contributed by atoms with Crippen molar-refractivity contribution in [1.29, 1.82) is 0 Å². The Balaban J connectivity index is 1.54. The minimum absolute atomic E-state index is 0.0845. The van der Waals surface area contributed by atoms with Gasteiger partial charge in [0, 0.05) is 48.6 Å². The number of hydrogen-bond acceptors (Lipinski definition) is 3. The van der Waals surface area contributed by atoms with Crippen LogP contribution in [-0.4, -0.2) is 54.4 Å². The van der Waals surface area contributed by atoms with Crippen LogP contribution in [0, 0.1) is 11.2 Å². The number of likely N-dealkylation sites (tertiary alicyclic amines) is 2. The van der Waals surface area contributed by atoms with E-state index in [-0.39, 0.29) is 16.8 Å². The topological polar surface area (TPSA) is 49.9 Å². The molecule has 2 fully saturated rings. The van der Waals surface area contributed by atoms with E-state index < -0.39 is 11.2 Å². The van der Waals surface area contributed by atoms with Gasteiger partial charge in [-0.15, -0.1) is 0 Å². The van der Waals surface area contributed by atoms with Gasteiger partial charge in [0.15, 0.2) is 0 Å². The van der Waals surface area contributed by atoms with Crippen LogP contribution in [-0.2, 0) is 4.79 Å². The molecule has 2 heterocycles. The molecule has 2 aliphatic rings. The molecule has 2 aromatic rings. The summed E-state index contributed by atoms with van der Waals surface area (Å²) in [7, 11) is 0. The number of amides is 2. The largest absolute Gasteiger partial charge is 0.493 e. The standard InChI is InChI=1S/C26H29Cl2FN2O3/c27-20-6-4-7-21(15-20)34-18-26(16-24(32)30-11-2-1-3-12-30)10-5-13-31(17-26)25(33)19-8-9-23(29)22(28)14-19/h4,6-9,14-15H,1-3,5,10-13,16-18H2/t26-/m0/s1. The number of carbonyl (C=O) groups is 2. The second kappa shape index (κ2) is 11.0. The summed E-state index contributed by atoms with van der Waals surface area (Å²) < 4.78 is 19.7. The first-order chi connectivity index (χ1) is 16.3. The van der Waals surface area contributed by atoms with Crippen molar-refractivity contribution in [2.75, 3.05) is 32.8 Å². The first kappa shape index (κ1) is 24.8. The van der Waals surface area contributed by atoms with Gasteiger partial charge in [0.1, 0.15) is 11.6 Å². The van der Waals surface area contributed by atoms with Crippen molar-refractivity contribution in [1.82, 2.24) is 9.80 Å². The maximum Gasteiger partial charge on any atom is 0.253 e. The SMILES string of the molecule is O=C(C[C@@]1(COc2cccc(Cl)c2)CCCN(C(=O)c2ccc(F)c(Cl)c2)C1)N1CCCCC1. The van der Waals surface area contributed by atoms with Crippen LogP contribution in [0.5, 0.6) is 5.75 Å². The van der Waals surface area contributed by atoms with Crippen molar-refractivity contribution in [2.24, 2.45) is 5.41 Å². The number of halogens is 3. The maximum absolute atomic E-state index is 13.6. The Morgan fingerprint density at radius 1 is 0.971 bits per heavy atom. The molecule has 0 radical (unpaired) electrons.